The van der Waals surface area contributed by atoms with Crippen LogP contribution in [0.1, 0.15) is 12.8 Å². The number of hydrogen-bond acceptors (Lipinski definition) is 5. The number of amides is 1. The average molecular weight is 405 g/mol. The van der Waals surface area contributed by atoms with E-state index in [4.69, 9.17) is 10.5 Å². The zero-order valence-electron chi connectivity index (χ0n) is 16.9. The van der Waals surface area contributed by atoms with E-state index in [1.807, 2.05) is 36.4 Å². The number of nitrogens with two attached hydrogens (primary N) is 1. The molecule has 0 spiro atoms. The van der Waals surface area contributed by atoms with Crippen LogP contribution in [0.5, 0.6) is 5.75 Å². The SMILES string of the molecule is NC(=O)C1CCN(CC(O)COc2cc(-c3ccncc3)c3ccccc3c2)CC1. The zero-order chi connectivity index (χ0) is 20.9. The molecule has 3 aromatic rings. The summed E-state index contributed by atoms with van der Waals surface area (Å²) in [5, 5.41) is 12.7. The lowest BCUT2D eigenvalue weighted by Crippen LogP contribution is -2.43. The maximum Gasteiger partial charge on any atom is 0.220 e. The van der Waals surface area contributed by atoms with Crippen LogP contribution in [0, 0.1) is 5.92 Å². The number of carbonyl (C=O) groups excluding carboxylic acids is 1. The molecule has 30 heavy (non-hydrogen) atoms. The zero-order valence-corrected chi connectivity index (χ0v) is 16.9. The van der Waals surface area contributed by atoms with E-state index < -0.39 is 6.10 Å². The van der Waals surface area contributed by atoms with Gasteiger partial charge in [-0.05, 0) is 72.1 Å². The highest BCUT2D eigenvalue weighted by molar-refractivity contribution is 5.97. The molecule has 1 aliphatic heterocycles. The van der Waals surface area contributed by atoms with Crippen molar-refractivity contribution in [1.29, 1.82) is 0 Å². The predicted octanol–water partition coefficient (Wildman–Crippen LogP) is 2.84. The minimum atomic E-state index is -0.606. The number of piperidine rings is 1. The molecule has 2 aromatic carbocycles. The van der Waals surface area contributed by atoms with Crippen LogP contribution in [-0.2, 0) is 4.79 Å². The first-order valence-corrected chi connectivity index (χ1v) is 10.4. The third-order valence-corrected chi connectivity index (χ3v) is 5.73. The summed E-state index contributed by atoms with van der Waals surface area (Å²) < 4.78 is 5.97. The summed E-state index contributed by atoms with van der Waals surface area (Å²) in [6.45, 7) is 2.28. The Morgan fingerprint density at radius 2 is 1.90 bits per heavy atom. The first-order valence-electron chi connectivity index (χ1n) is 10.4. The normalized spacial score (nSPS) is 16.4. The van der Waals surface area contributed by atoms with Crippen molar-refractivity contribution in [2.45, 2.75) is 18.9 Å². The second-order valence-electron chi connectivity index (χ2n) is 7.87. The standard InChI is InChI=1S/C24H27N3O3/c25-24(29)18-7-11-27(12-8-18)15-20(28)16-30-21-13-19-3-1-2-4-22(19)23(14-21)17-5-9-26-10-6-17/h1-6,9-10,13-14,18,20,28H,7-8,11-12,15-16H2,(H2,25,29). The van der Waals surface area contributed by atoms with Gasteiger partial charge in [-0.2, -0.15) is 0 Å². The van der Waals surface area contributed by atoms with Gasteiger partial charge in [0.1, 0.15) is 18.5 Å². The van der Waals surface area contributed by atoms with Gasteiger partial charge in [0, 0.05) is 24.9 Å². The van der Waals surface area contributed by atoms with Gasteiger partial charge in [0.15, 0.2) is 0 Å². The number of fused-ring (bicyclic) bond motifs is 1. The number of benzene rings is 2. The van der Waals surface area contributed by atoms with Crippen molar-refractivity contribution in [2.24, 2.45) is 11.7 Å². The van der Waals surface area contributed by atoms with Gasteiger partial charge in [-0.3, -0.25) is 9.78 Å². The van der Waals surface area contributed by atoms with Gasteiger partial charge < -0.3 is 20.5 Å². The number of pyridine rings is 1. The number of hydrogen-bond donors (Lipinski definition) is 2. The Balaban J connectivity index is 1.42. The maximum absolute atomic E-state index is 11.3. The molecule has 1 saturated heterocycles. The first-order chi connectivity index (χ1) is 14.6. The summed E-state index contributed by atoms with van der Waals surface area (Å²) in [5.74, 6) is 0.464. The molecule has 6 nitrogen and oxygen atoms in total. The molecule has 1 amide bonds. The van der Waals surface area contributed by atoms with Crippen molar-refractivity contribution in [3.05, 3.63) is 60.9 Å². The predicted molar refractivity (Wildman–Crippen MR) is 117 cm³/mol. The Kier molecular flexibility index (Phi) is 6.26. The quantitative estimate of drug-likeness (QED) is 0.631. The Morgan fingerprint density at radius 3 is 2.63 bits per heavy atom. The van der Waals surface area contributed by atoms with Gasteiger partial charge in [-0.25, -0.2) is 0 Å². The first kappa shape index (κ1) is 20.3. The van der Waals surface area contributed by atoms with Crippen LogP contribution in [0.4, 0.5) is 0 Å². The molecule has 4 rings (SSSR count). The van der Waals surface area contributed by atoms with E-state index in [0.717, 1.165) is 53.6 Å². The second kappa shape index (κ2) is 9.24. The number of primary amides is 1. The molecule has 6 heteroatoms. The van der Waals surface area contributed by atoms with Crippen LogP contribution in [0.15, 0.2) is 60.9 Å². The van der Waals surface area contributed by atoms with E-state index in [1.165, 1.54) is 0 Å². The van der Waals surface area contributed by atoms with Crippen LogP contribution >= 0.6 is 0 Å². The summed E-state index contributed by atoms with van der Waals surface area (Å²) in [7, 11) is 0. The molecule has 0 aliphatic carbocycles. The summed E-state index contributed by atoms with van der Waals surface area (Å²) in [6, 6.07) is 16.2. The van der Waals surface area contributed by atoms with Gasteiger partial charge in [-0.1, -0.05) is 24.3 Å². The van der Waals surface area contributed by atoms with Crippen LogP contribution in [-0.4, -0.2) is 53.2 Å². The number of β-amino-alcohol motifs (C(OH)–C–C–N with tert-alkyl or cyclic N) is 1. The largest absolute Gasteiger partial charge is 0.491 e. The second-order valence-corrected chi connectivity index (χ2v) is 7.87. The molecule has 0 radical (unpaired) electrons. The Bertz CT molecular complexity index is 1000. The molecule has 0 bridgehead atoms. The molecular weight excluding hydrogens is 378 g/mol. The van der Waals surface area contributed by atoms with Crippen molar-refractivity contribution in [3.8, 4) is 16.9 Å². The number of carbonyl (C=O) groups is 1. The number of ether oxygens (including phenoxy) is 1. The fourth-order valence-electron chi connectivity index (χ4n) is 4.08. The van der Waals surface area contributed by atoms with Crippen molar-refractivity contribution < 1.29 is 14.6 Å². The topological polar surface area (TPSA) is 88.7 Å². The molecule has 1 fully saturated rings. The molecule has 2 heterocycles. The minimum absolute atomic E-state index is 0.0427. The Hall–Kier alpha value is -2.96. The van der Waals surface area contributed by atoms with Gasteiger partial charge in [0.2, 0.25) is 5.91 Å². The Morgan fingerprint density at radius 1 is 1.17 bits per heavy atom. The summed E-state index contributed by atoms with van der Waals surface area (Å²) in [4.78, 5) is 17.6. The number of nitrogens with zero attached hydrogens (tertiary/aromatic N) is 2. The lowest BCUT2D eigenvalue weighted by atomic mass is 9.96. The summed E-state index contributed by atoms with van der Waals surface area (Å²) in [6.07, 6.45) is 4.46. The smallest absolute Gasteiger partial charge is 0.220 e. The van der Waals surface area contributed by atoms with E-state index in [0.29, 0.717) is 6.54 Å². The van der Waals surface area contributed by atoms with Crippen molar-refractivity contribution in [1.82, 2.24) is 9.88 Å². The van der Waals surface area contributed by atoms with Gasteiger partial charge >= 0.3 is 0 Å². The summed E-state index contributed by atoms with van der Waals surface area (Å²) >= 11 is 0. The van der Waals surface area contributed by atoms with Crippen LogP contribution in [0.25, 0.3) is 21.9 Å². The number of likely N-dealkylation sites (tertiary alicyclic amines) is 1. The number of aromatic nitrogens is 1. The van der Waals surface area contributed by atoms with E-state index in [2.05, 4.69) is 22.0 Å². The monoisotopic (exact) mass is 405 g/mol. The highest BCUT2D eigenvalue weighted by atomic mass is 16.5. The van der Waals surface area contributed by atoms with E-state index >= 15 is 0 Å². The number of rotatable bonds is 7. The molecule has 1 aromatic heterocycles. The lowest BCUT2D eigenvalue weighted by molar-refractivity contribution is -0.123. The maximum atomic E-state index is 11.3. The van der Waals surface area contributed by atoms with Crippen molar-refractivity contribution >= 4 is 16.7 Å². The van der Waals surface area contributed by atoms with Crippen LogP contribution in [0.2, 0.25) is 0 Å². The minimum Gasteiger partial charge on any atom is -0.491 e. The van der Waals surface area contributed by atoms with E-state index in [9.17, 15) is 9.90 Å². The fraction of sp³-hybridized carbons (Fsp3) is 0.333. The van der Waals surface area contributed by atoms with E-state index in [1.54, 1.807) is 12.4 Å². The molecule has 1 atom stereocenters. The highest BCUT2D eigenvalue weighted by Crippen LogP contribution is 2.33. The highest BCUT2D eigenvalue weighted by Gasteiger charge is 2.24. The number of aliphatic hydroxyl groups excluding tert-OH is 1. The fourth-order valence-corrected chi connectivity index (χ4v) is 4.08. The van der Waals surface area contributed by atoms with Crippen molar-refractivity contribution in [3.63, 3.8) is 0 Å². The number of aliphatic hydroxyl groups is 1. The van der Waals surface area contributed by atoms with Gasteiger partial charge in [-0.15, -0.1) is 0 Å². The van der Waals surface area contributed by atoms with Crippen LogP contribution in [0.3, 0.4) is 0 Å². The molecule has 1 aliphatic rings. The Labute approximate surface area is 176 Å². The third kappa shape index (κ3) is 4.78. The van der Waals surface area contributed by atoms with Crippen LogP contribution < -0.4 is 10.5 Å². The van der Waals surface area contributed by atoms with Crippen molar-refractivity contribution in [2.75, 3.05) is 26.2 Å². The molecule has 0 saturated carbocycles. The van der Waals surface area contributed by atoms with Gasteiger partial charge in [0.25, 0.3) is 0 Å². The van der Waals surface area contributed by atoms with E-state index in [-0.39, 0.29) is 18.4 Å². The summed E-state index contributed by atoms with van der Waals surface area (Å²) in [5.41, 5.74) is 7.54. The third-order valence-electron chi connectivity index (χ3n) is 5.73. The molecule has 156 valence electrons. The lowest BCUT2D eigenvalue weighted by Gasteiger charge is -2.31. The average Bonchev–Trinajstić information content (AvgIpc) is 2.78. The van der Waals surface area contributed by atoms with Gasteiger partial charge in [0.05, 0.1) is 0 Å². The molecule has 3 N–H and O–H groups in total. The molecular formula is C24H27N3O3. The molecule has 1 unspecified atom stereocenters.